The van der Waals surface area contributed by atoms with Crippen molar-refractivity contribution in [2.45, 2.75) is 18.9 Å². The van der Waals surface area contributed by atoms with Gasteiger partial charge in [0.2, 0.25) is 0 Å². The summed E-state index contributed by atoms with van der Waals surface area (Å²) < 4.78 is 1.63. The fourth-order valence-electron chi connectivity index (χ4n) is 1.59. The second-order valence-corrected chi connectivity index (χ2v) is 3.94. The van der Waals surface area contributed by atoms with Gasteiger partial charge in [-0.3, -0.25) is 9.59 Å². The predicted octanol–water partition coefficient (Wildman–Crippen LogP) is 0.0990. The molecule has 16 heavy (non-hydrogen) atoms. The van der Waals surface area contributed by atoms with Crippen molar-refractivity contribution in [1.82, 2.24) is 9.55 Å². The highest BCUT2D eigenvalue weighted by atomic mass is 16.4. The molecule has 0 bridgehead atoms. The molecule has 1 aromatic rings. The average molecular weight is 223 g/mol. The predicted molar refractivity (Wildman–Crippen MR) is 57.7 cm³/mol. The summed E-state index contributed by atoms with van der Waals surface area (Å²) in [6, 6.07) is 0.271. The number of hydrogen-bond donors (Lipinski definition) is 1. The normalized spacial score (nSPS) is 14.8. The Morgan fingerprint density at radius 1 is 1.69 bits per heavy atom. The van der Waals surface area contributed by atoms with Gasteiger partial charge in [-0.2, -0.15) is 0 Å². The summed E-state index contributed by atoms with van der Waals surface area (Å²) in [4.78, 5) is 27.8. The zero-order chi connectivity index (χ0) is 11.7. The van der Waals surface area contributed by atoms with Crippen LogP contribution in [0.4, 0.5) is 5.82 Å². The zero-order valence-electron chi connectivity index (χ0n) is 8.96. The van der Waals surface area contributed by atoms with E-state index in [-0.39, 0.29) is 24.0 Å². The van der Waals surface area contributed by atoms with E-state index >= 15 is 0 Å². The molecule has 6 nitrogen and oxygen atoms in total. The lowest BCUT2D eigenvalue weighted by Crippen LogP contribution is -2.33. The highest BCUT2D eigenvalue weighted by molar-refractivity contribution is 5.72. The molecular formula is C10H13N3O3. The third kappa shape index (κ3) is 2.05. The Balaban J connectivity index is 2.30. The van der Waals surface area contributed by atoms with Gasteiger partial charge in [0, 0.05) is 25.5 Å². The first-order valence-corrected chi connectivity index (χ1v) is 5.09. The highest BCUT2D eigenvalue weighted by Crippen LogP contribution is 2.33. The summed E-state index contributed by atoms with van der Waals surface area (Å²) >= 11 is 0. The van der Waals surface area contributed by atoms with Crippen molar-refractivity contribution in [3.63, 3.8) is 0 Å². The lowest BCUT2D eigenvalue weighted by Gasteiger charge is -2.15. The minimum absolute atomic E-state index is 0.191. The molecule has 1 heterocycles. The van der Waals surface area contributed by atoms with Crippen molar-refractivity contribution in [1.29, 1.82) is 0 Å². The van der Waals surface area contributed by atoms with Gasteiger partial charge in [-0.1, -0.05) is 0 Å². The van der Waals surface area contributed by atoms with Gasteiger partial charge in [0.1, 0.15) is 6.54 Å². The number of carboxylic acids is 1. The molecule has 0 unspecified atom stereocenters. The molecule has 1 aromatic heterocycles. The summed E-state index contributed by atoms with van der Waals surface area (Å²) in [6.45, 7) is -0.225. The third-order valence-corrected chi connectivity index (χ3v) is 2.52. The molecule has 0 aromatic carbocycles. The molecule has 6 heteroatoms. The number of hydrogen-bond acceptors (Lipinski definition) is 4. The van der Waals surface area contributed by atoms with E-state index < -0.39 is 5.97 Å². The lowest BCUT2D eigenvalue weighted by molar-refractivity contribution is -0.135. The van der Waals surface area contributed by atoms with Crippen LogP contribution in [0.25, 0.3) is 0 Å². The average Bonchev–Trinajstić information content (AvgIpc) is 3.00. The maximum Gasteiger partial charge on any atom is 0.323 e. The van der Waals surface area contributed by atoms with E-state index in [9.17, 15) is 9.59 Å². The SMILES string of the molecule is CN(CC(=O)O)c1nccn(C2CC2)c1=O. The fourth-order valence-corrected chi connectivity index (χ4v) is 1.59. The fraction of sp³-hybridized carbons (Fsp3) is 0.500. The molecule has 0 atom stereocenters. The smallest absolute Gasteiger partial charge is 0.323 e. The van der Waals surface area contributed by atoms with Crippen molar-refractivity contribution in [3.05, 3.63) is 22.7 Å². The molecule has 2 rings (SSSR count). The van der Waals surface area contributed by atoms with E-state index in [4.69, 9.17) is 5.11 Å². The standard InChI is InChI=1S/C10H13N3O3/c1-12(6-8(14)15)9-10(16)13(5-4-11-9)7-2-3-7/h4-5,7H,2-3,6H2,1H3,(H,14,15). The second-order valence-electron chi connectivity index (χ2n) is 3.94. The molecule has 0 saturated heterocycles. The van der Waals surface area contributed by atoms with E-state index in [2.05, 4.69) is 4.98 Å². The molecule has 86 valence electrons. The Hall–Kier alpha value is -1.85. The number of aliphatic carboxylic acids is 1. The van der Waals surface area contributed by atoms with Crippen molar-refractivity contribution in [2.24, 2.45) is 0 Å². The van der Waals surface area contributed by atoms with Crippen LogP contribution in [0.1, 0.15) is 18.9 Å². The van der Waals surface area contributed by atoms with Crippen LogP contribution >= 0.6 is 0 Å². The maximum atomic E-state index is 11.9. The summed E-state index contributed by atoms with van der Waals surface area (Å²) in [7, 11) is 1.55. The first-order chi connectivity index (χ1) is 7.59. The van der Waals surface area contributed by atoms with Crippen LogP contribution in [0.2, 0.25) is 0 Å². The van der Waals surface area contributed by atoms with Crippen LogP contribution in [-0.4, -0.2) is 34.2 Å². The lowest BCUT2D eigenvalue weighted by atomic mass is 10.5. The largest absolute Gasteiger partial charge is 0.480 e. The number of carbonyl (C=O) groups is 1. The van der Waals surface area contributed by atoms with Crippen LogP contribution in [0.3, 0.4) is 0 Å². The van der Waals surface area contributed by atoms with Gasteiger partial charge in [-0.15, -0.1) is 0 Å². The quantitative estimate of drug-likeness (QED) is 0.783. The van der Waals surface area contributed by atoms with Crippen LogP contribution in [0.15, 0.2) is 17.2 Å². The number of rotatable bonds is 4. The van der Waals surface area contributed by atoms with Crippen LogP contribution < -0.4 is 10.5 Å². The van der Waals surface area contributed by atoms with E-state index in [0.29, 0.717) is 0 Å². The van der Waals surface area contributed by atoms with Crippen molar-refractivity contribution in [2.75, 3.05) is 18.5 Å². The Bertz CT molecular complexity index is 465. The molecule has 1 fully saturated rings. The molecule has 0 aliphatic heterocycles. The van der Waals surface area contributed by atoms with Gasteiger partial charge in [-0.05, 0) is 12.8 Å². The zero-order valence-corrected chi connectivity index (χ0v) is 8.96. The Labute approximate surface area is 92.1 Å². The molecule has 1 saturated carbocycles. The molecule has 0 spiro atoms. The van der Waals surface area contributed by atoms with Crippen LogP contribution in [-0.2, 0) is 4.79 Å². The van der Waals surface area contributed by atoms with Crippen molar-refractivity contribution < 1.29 is 9.90 Å². The Kier molecular flexibility index (Phi) is 2.64. The van der Waals surface area contributed by atoms with Gasteiger partial charge >= 0.3 is 5.97 Å². The maximum absolute atomic E-state index is 11.9. The first-order valence-electron chi connectivity index (χ1n) is 5.09. The number of nitrogens with zero attached hydrogens (tertiary/aromatic N) is 3. The Morgan fingerprint density at radius 3 is 2.94 bits per heavy atom. The summed E-state index contributed by atoms with van der Waals surface area (Å²) in [6.07, 6.45) is 5.20. The second kappa shape index (κ2) is 3.96. The van der Waals surface area contributed by atoms with Gasteiger partial charge in [0.05, 0.1) is 0 Å². The van der Waals surface area contributed by atoms with E-state index in [1.54, 1.807) is 17.8 Å². The molecule has 0 amide bonds. The number of anilines is 1. The van der Waals surface area contributed by atoms with E-state index in [1.807, 2.05) is 0 Å². The van der Waals surface area contributed by atoms with Gasteiger partial charge in [0.15, 0.2) is 5.82 Å². The van der Waals surface area contributed by atoms with Gasteiger partial charge in [-0.25, -0.2) is 4.98 Å². The summed E-state index contributed by atoms with van der Waals surface area (Å²) in [5.41, 5.74) is -0.214. The minimum atomic E-state index is -0.981. The summed E-state index contributed by atoms with van der Waals surface area (Å²) in [5.74, 6) is -0.790. The summed E-state index contributed by atoms with van der Waals surface area (Å²) in [5, 5.41) is 8.65. The van der Waals surface area contributed by atoms with E-state index in [0.717, 1.165) is 12.8 Å². The first kappa shape index (κ1) is 10.7. The van der Waals surface area contributed by atoms with Gasteiger partial charge < -0.3 is 14.6 Å². The monoisotopic (exact) mass is 223 g/mol. The molecule has 1 N–H and O–H groups in total. The molecule has 1 aliphatic carbocycles. The topological polar surface area (TPSA) is 75.4 Å². The minimum Gasteiger partial charge on any atom is -0.480 e. The third-order valence-electron chi connectivity index (χ3n) is 2.52. The van der Waals surface area contributed by atoms with Crippen LogP contribution in [0.5, 0.6) is 0 Å². The number of carboxylic acid groups (broad SMARTS) is 1. The van der Waals surface area contributed by atoms with Gasteiger partial charge in [0.25, 0.3) is 5.56 Å². The van der Waals surface area contributed by atoms with Crippen molar-refractivity contribution in [3.8, 4) is 0 Å². The molecular weight excluding hydrogens is 210 g/mol. The molecule has 1 aliphatic rings. The highest BCUT2D eigenvalue weighted by Gasteiger charge is 2.26. The van der Waals surface area contributed by atoms with E-state index in [1.165, 1.54) is 11.1 Å². The number of likely N-dealkylation sites (N-methyl/N-ethyl adjacent to an activating group) is 1. The molecule has 0 radical (unpaired) electrons. The Morgan fingerprint density at radius 2 is 2.38 bits per heavy atom. The number of aromatic nitrogens is 2. The van der Waals surface area contributed by atoms with Crippen LogP contribution in [0, 0.1) is 0 Å². The van der Waals surface area contributed by atoms with Crippen molar-refractivity contribution >= 4 is 11.8 Å².